The summed E-state index contributed by atoms with van der Waals surface area (Å²) in [5.41, 5.74) is 8.40. The van der Waals surface area contributed by atoms with Gasteiger partial charge in [0.05, 0.1) is 5.69 Å². The number of rotatable bonds is 3. The van der Waals surface area contributed by atoms with Gasteiger partial charge in [0.1, 0.15) is 5.82 Å². The van der Waals surface area contributed by atoms with Gasteiger partial charge in [0.15, 0.2) is 0 Å². The van der Waals surface area contributed by atoms with Crippen LogP contribution in [0.3, 0.4) is 0 Å². The summed E-state index contributed by atoms with van der Waals surface area (Å²) < 4.78 is 1.80. The highest BCUT2D eigenvalue weighted by Gasteiger charge is 2.27. The molecule has 3 N–H and O–H groups in total. The van der Waals surface area contributed by atoms with Crippen molar-refractivity contribution in [2.75, 3.05) is 5.32 Å². The number of nitrogens with one attached hydrogen (secondary N) is 1. The maximum absolute atomic E-state index is 12.2. The average Bonchev–Trinajstić information content (AvgIpc) is 3.01. The molecular formula is C14H23ClN4O. The average molecular weight is 299 g/mol. The van der Waals surface area contributed by atoms with Crippen molar-refractivity contribution in [3.63, 3.8) is 0 Å². The van der Waals surface area contributed by atoms with E-state index in [9.17, 15) is 4.79 Å². The third-order valence-electron chi connectivity index (χ3n) is 4.49. The summed E-state index contributed by atoms with van der Waals surface area (Å²) in [6.45, 7) is 0. The number of nitrogens with zero attached hydrogens (tertiary/aromatic N) is 2. The Bertz CT molecular complexity index is 500. The number of carbonyl (C=O) groups excluding carboxylic acids is 1. The molecule has 0 radical (unpaired) electrons. The lowest BCUT2D eigenvalue weighted by atomic mass is 10.00. The number of aryl methyl sites for hydroxylation is 2. The van der Waals surface area contributed by atoms with Crippen LogP contribution in [0.4, 0.5) is 5.82 Å². The summed E-state index contributed by atoms with van der Waals surface area (Å²) in [6.07, 6.45) is 7.04. The summed E-state index contributed by atoms with van der Waals surface area (Å²) in [7, 11) is 1.90. The molecule has 6 heteroatoms. The molecule has 1 saturated carbocycles. The number of nitrogens with two attached hydrogens (primary N) is 1. The van der Waals surface area contributed by atoms with E-state index in [0.717, 1.165) is 50.0 Å². The van der Waals surface area contributed by atoms with Gasteiger partial charge < -0.3 is 11.1 Å². The molecule has 20 heavy (non-hydrogen) atoms. The van der Waals surface area contributed by atoms with Gasteiger partial charge in [-0.15, -0.1) is 12.4 Å². The van der Waals surface area contributed by atoms with Crippen molar-refractivity contribution in [2.24, 2.45) is 18.7 Å². The largest absolute Gasteiger partial charge is 0.327 e. The van der Waals surface area contributed by atoms with Crippen LogP contribution in [0.15, 0.2) is 0 Å². The lowest BCUT2D eigenvalue weighted by molar-refractivity contribution is -0.117. The van der Waals surface area contributed by atoms with Crippen LogP contribution in [-0.4, -0.2) is 21.7 Å². The van der Waals surface area contributed by atoms with E-state index in [1.54, 1.807) is 4.68 Å². The first kappa shape index (κ1) is 15.3. The maximum Gasteiger partial charge on any atom is 0.225 e. The third-order valence-corrected chi connectivity index (χ3v) is 4.49. The molecule has 0 saturated heterocycles. The molecule has 2 aliphatic carbocycles. The molecule has 0 aliphatic heterocycles. The molecule has 0 bridgehead atoms. The van der Waals surface area contributed by atoms with Crippen LogP contribution in [0, 0.1) is 5.92 Å². The molecule has 0 aromatic carbocycles. The van der Waals surface area contributed by atoms with Crippen LogP contribution >= 0.6 is 12.4 Å². The van der Waals surface area contributed by atoms with Crippen LogP contribution < -0.4 is 11.1 Å². The molecule has 0 unspecified atom stereocenters. The number of hydrogen-bond donors (Lipinski definition) is 2. The van der Waals surface area contributed by atoms with Gasteiger partial charge in [0, 0.05) is 25.1 Å². The summed E-state index contributed by atoms with van der Waals surface area (Å²) in [4.78, 5) is 12.2. The smallest absolute Gasteiger partial charge is 0.225 e. The zero-order valence-electron chi connectivity index (χ0n) is 11.9. The second kappa shape index (κ2) is 6.14. The SMILES string of the molecule is Cl.Cn1nc2c(c1NC(=O)C[C@@H]1CCC[C@H]1N)CCC2. The summed E-state index contributed by atoms with van der Waals surface area (Å²) in [6, 6.07) is 0.197. The van der Waals surface area contributed by atoms with E-state index in [1.165, 1.54) is 5.56 Å². The summed E-state index contributed by atoms with van der Waals surface area (Å²) in [5, 5.41) is 7.51. The quantitative estimate of drug-likeness (QED) is 0.893. The Morgan fingerprint density at radius 2 is 2.20 bits per heavy atom. The fraction of sp³-hybridized carbons (Fsp3) is 0.714. The first-order valence-corrected chi connectivity index (χ1v) is 7.25. The molecule has 2 atom stereocenters. The molecular weight excluding hydrogens is 276 g/mol. The number of halogens is 1. The number of carbonyl (C=O) groups is 1. The fourth-order valence-corrected chi connectivity index (χ4v) is 3.42. The third kappa shape index (κ3) is 2.83. The highest BCUT2D eigenvalue weighted by Crippen LogP contribution is 2.30. The van der Waals surface area contributed by atoms with Crippen LogP contribution in [0.1, 0.15) is 43.4 Å². The van der Waals surface area contributed by atoms with Crippen molar-refractivity contribution in [1.29, 1.82) is 0 Å². The molecule has 112 valence electrons. The van der Waals surface area contributed by atoms with Gasteiger partial charge in [-0.3, -0.25) is 9.48 Å². The van der Waals surface area contributed by atoms with E-state index in [-0.39, 0.29) is 24.4 Å². The Labute approximate surface area is 125 Å². The van der Waals surface area contributed by atoms with E-state index in [2.05, 4.69) is 10.4 Å². The van der Waals surface area contributed by atoms with Crippen molar-refractivity contribution >= 4 is 24.1 Å². The van der Waals surface area contributed by atoms with Crippen molar-refractivity contribution in [3.8, 4) is 0 Å². The molecule has 1 aromatic heterocycles. The fourth-order valence-electron chi connectivity index (χ4n) is 3.42. The molecule has 2 aliphatic rings. The molecule has 1 amide bonds. The summed E-state index contributed by atoms with van der Waals surface area (Å²) >= 11 is 0. The number of anilines is 1. The molecule has 0 spiro atoms. The maximum atomic E-state index is 12.2. The van der Waals surface area contributed by atoms with Crippen molar-refractivity contribution in [3.05, 3.63) is 11.3 Å². The lowest BCUT2D eigenvalue weighted by Gasteiger charge is -2.15. The first-order chi connectivity index (χ1) is 9.15. The van der Waals surface area contributed by atoms with Crippen LogP contribution in [0.5, 0.6) is 0 Å². The molecule has 3 rings (SSSR count). The van der Waals surface area contributed by atoms with E-state index < -0.39 is 0 Å². The normalized spacial score (nSPS) is 24.3. The number of fused-ring (bicyclic) bond motifs is 1. The number of hydrogen-bond acceptors (Lipinski definition) is 3. The molecule has 1 heterocycles. The predicted octanol–water partition coefficient (Wildman–Crippen LogP) is 1.79. The number of amides is 1. The Hall–Kier alpha value is -1.07. The second-order valence-electron chi connectivity index (χ2n) is 5.86. The van der Waals surface area contributed by atoms with Crippen molar-refractivity contribution in [2.45, 2.75) is 51.0 Å². The minimum atomic E-state index is 0. The monoisotopic (exact) mass is 298 g/mol. The van der Waals surface area contributed by atoms with Gasteiger partial charge in [0.25, 0.3) is 0 Å². The van der Waals surface area contributed by atoms with Crippen LogP contribution in [0.25, 0.3) is 0 Å². The van der Waals surface area contributed by atoms with E-state index >= 15 is 0 Å². The molecule has 5 nitrogen and oxygen atoms in total. The highest BCUT2D eigenvalue weighted by atomic mass is 35.5. The topological polar surface area (TPSA) is 72.9 Å². The van der Waals surface area contributed by atoms with Crippen molar-refractivity contribution < 1.29 is 4.79 Å². The highest BCUT2D eigenvalue weighted by molar-refractivity contribution is 5.91. The van der Waals surface area contributed by atoms with Gasteiger partial charge in [-0.2, -0.15) is 5.10 Å². The second-order valence-corrected chi connectivity index (χ2v) is 5.86. The Balaban J connectivity index is 0.00000147. The number of aromatic nitrogens is 2. The van der Waals surface area contributed by atoms with Crippen LogP contribution in [0.2, 0.25) is 0 Å². The van der Waals surface area contributed by atoms with Crippen LogP contribution in [-0.2, 0) is 24.7 Å². The Kier molecular flexibility index (Phi) is 4.70. The Morgan fingerprint density at radius 1 is 1.40 bits per heavy atom. The van der Waals surface area contributed by atoms with Gasteiger partial charge in [-0.25, -0.2) is 0 Å². The lowest BCUT2D eigenvalue weighted by Crippen LogP contribution is -2.28. The minimum absolute atomic E-state index is 0. The summed E-state index contributed by atoms with van der Waals surface area (Å²) in [5.74, 6) is 1.32. The van der Waals surface area contributed by atoms with E-state index in [4.69, 9.17) is 5.73 Å². The van der Waals surface area contributed by atoms with E-state index in [1.807, 2.05) is 7.05 Å². The standard InChI is InChI=1S/C14H22N4O.ClH/c1-18-14(10-5-3-7-12(10)17-18)16-13(19)8-9-4-2-6-11(9)15;/h9,11H,2-8,15H2,1H3,(H,16,19);1H/t9-,11+;/m0./s1. The minimum Gasteiger partial charge on any atom is -0.327 e. The van der Waals surface area contributed by atoms with Gasteiger partial charge in [-0.05, 0) is 38.0 Å². The van der Waals surface area contributed by atoms with Gasteiger partial charge >= 0.3 is 0 Å². The van der Waals surface area contributed by atoms with E-state index in [0.29, 0.717) is 12.3 Å². The zero-order valence-corrected chi connectivity index (χ0v) is 12.7. The first-order valence-electron chi connectivity index (χ1n) is 7.25. The van der Waals surface area contributed by atoms with Gasteiger partial charge in [-0.1, -0.05) is 6.42 Å². The van der Waals surface area contributed by atoms with Gasteiger partial charge in [0.2, 0.25) is 5.91 Å². The van der Waals surface area contributed by atoms with Crippen molar-refractivity contribution in [1.82, 2.24) is 9.78 Å². The Morgan fingerprint density at radius 3 is 2.90 bits per heavy atom. The molecule has 1 aromatic rings. The zero-order chi connectivity index (χ0) is 13.4. The predicted molar refractivity (Wildman–Crippen MR) is 81.0 cm³/mol. The molecule has 1 fully saturated rings.